The van der Waals surface area contributed by atoms with Crippen molar-refractivity contribution < 1.29 is 14.6 Å². The predicted molar refractivity (Wildman–Crippen MR) is 117 cm³/mol. The van der Waals surface area contributed by atoms with Crippen molar-refractivity contribution in [1.82, 2.24) is 4.90 Å². The van der Waals surface area contributed by atoms with Crippen LogP contribution in [0.3, 0.4) is 0 Å². The van der Waals surface area contributed by atoms with Crippen molar-refractivity contribution in [2.45, 2.75) is 53.7 Å². The molecule has 0 unspecified atom stereocenters. The highest BCUT2D eigenvalue weighted by Gasteiger charge is 2.62. The molecule has 1 aromatic rings. The highest BCUT2D eigenvalue weighted by atomic mass is 32.2. The molecular weight excluding hydrogens is 390 g/mol. The molecular formula is C22H31NO3S2. The highest BCUT2D eigenvalue weighted by Crippen LogP contribution is 2.65. The standard InChI is InChI=1S/C22H31NO3S2/c1-23-8-7-21-13-22(27-9-4-10-28-22)18(24)12-15(21)16(23)11-14-5-6-17(25-2)20(26-3)19(14)21/h5-6,15-16,18,24H,4,7-13H2,1-3H3/t15-,16+,18-,21-/m0/s1. The molecule has 3 fully saturated rings. The molecule has 1 N–H and O–H groups in total. The number of aliphatic hydroxyl groups excluding tert-OH is 1. The van der Waals surface area contributed by atoms with E-state index in [1.165, 1.54) is 17.5 Å². The number of aliphatic hydroxyl groups is 1. The molecule has 2 aliphatic heterocycles. The van der Waals surface area contributed by atoms with Crippen LogP contribution in [0.2, 0.25) is 0 Å². The van der Waals surface area contributed by atoms with Gasteiger partial charge in [0.05, 0.1) is 24.4 Å². The number of piperidine rings is 1. The second-order valence-electron chi connectivity index (χ2n) is 8.89. The number of methoxy groups -OCH3 is 2. The number of hydrogen-bond donors (Lipinski definition) is 1. The maximum Gasteiger partial charge on any atom is 0.164 e. The van der Waals surface area contributed by atoms with Crippen LogP contribution in [-0.4, -0.2) is 65.5 Å². The van der Waals surface area contributed by atoms with Crippen LogP contribution >= 0.6 is 23.5 Å². The zero-order valence-corrected chi connectivity index (χ0v) is 18.7. The zero-order chi connectivity index (χ0) is 19.5. The summed E-state index contributed by atoms with van der Waals surface area (Å²) in [7, 11) is 5.78. The van der Waals surface area contributed by atoms with Crippen LogP contribution in [-0.2, 0) is 11.8 Å². The third-order valence-electron chi connectivity index (χ3n) is 7.74. The summed E-state index contributed by atoms with van der Waals surface area (Å²) in [5, 5.41) is 11.3. The average Bonchev–Trinajstić information content (AvgIpc) is 2.71. The van der Waals surface area contributed by atoms with Crippen molar-refractivity contribution in [2.75, 3.05) is 39.3 Å². The summed E-state index contributed by atoms with van der Waals surface area (Å²) < 4.78 is 11.6. The molecule has 2 aliphatic carbocycles. The summed E-state index contributed by atoms with van der Waals surface area (Å²) in [5.74, 6) is 4.58. The van der Waals surface area contributed by atoms with Gasteiger partial charge in [-0.3, -0.25) is 0 Å². The van der Waals surface area contributed by atoms with Crippen molar-refractivity contribution in [3.8, 4) is 11.5 Å². The molecule has 4 atom stereocenters. The molecule has 5 rings (SSSR count). The lowest BCUT2D eigenvalue weighted by molar-refractivity contribution is -0.0428. The molecule has 154 valence electrons. The maximum absolute atomic E-state index is 11.3. The van der Waals surface area contributed by atoms with Crippen LogP contribution < -0.4 is 9.47 Å². The number of hydrogen-bond acceptors (Lipinski definition) is 6. The van der Waals surface area contributed by atoms with E-state index in [-0.39, 0.29) is 15.6 Å². The van der Waals surface area contributed by atoms with Gasteiger partial charge >= 0.3 is 0 Å². The Labute approximate surface area is 176 Å². The molecule has 1 aromatic carbocycles. The molecule has 1 spiro atoms. The van der Waals surface area contributed by atoms with Crippen LogP contribution in [0.5, 0.6) is 11.5 Å². The molecule has 6 heteroatoms. The molecule has 4 aliphatic rings. The SMILES string of the molecule is COc1ccc2c(c1OC)[C@]13CCN(C)[C@H](C2)[C@@H]1C[C@H](O)C1(C3)SCCCS1. The fraction of sp³-hybridized carbons (Fsp3) is 0.727. The molecule has 0 aromatic heterocycles. The first-order chi connectivity index (χ1) is 13.5. The highest BCUT2D eigenvalue weighted by molar-refractivity contribution is 8.18. The summed E-state index contributed by atoms with van der Waals surface area (Å²) in [4.78, 5) is 2.54. The molecule has 1 saturated carbocycles. The average molecular weight is 422 g/mol. The van der Waals surface area contributed by atoms with Gasteiger partial charge in [0, 0.05) is 17.0 Å². The Morgan fingerprint density at radius 3 is 2.68 bits per heavy atom. The van der Waals surface area contributed by atoms with Crippen LogP contribution in [0.15, 0.2) is 12.1 Å². The van der Waals surface area contributed by atoms with Crippen molar-refractivity contribution in [3.63, 3.8) is 0 Å². The second-order valence-corrected chi connectivity index (χ2v) is 12.0. The molecule has 0 amide bonds. The Bertz CT molecular complexity index is 766. The Hall–Kier alpha value is -0.560. The van der Waals surface area contributed by atoms with E-state index in [0.29, 0.717) is 12.0 Å². The van der Waals surface area contributed by atoms with Gasteiger partial charge in [-0.25, -0.2) is 0 Å². The van der Waals surface area contributed by atoms with Crippen molar-refractivity contribution >= 4 is 23.5 Å². The van der Waals surface area contributed by atoms with Gasteiger partial charge in [-0.05, 0) is 74.7 Å². The van der Waals surface area contributed by atoms with Gasteiger partial charge in [-0.1, -0.05) is 6.07 Å². The maximum atomic E-state index is 11.3. The topological polar surface area (TPSA) is 41.9 Å². The first-order valence-corrected chi connectivity index (χ1v) is 12.4. The first-order valence-electron chi connectivity index (χ1n) is 10.5. The van der Waals surface area contributed by atoms with Crippen LogP contribution in [0.1, 0.15) is 36.8 Å². The fourth-order valence-electron chi connectivity index (χ4n) is 6.47. The number of likely N-dealkylation sites (tertiary alicyclic amines) is 1. The summed E-state index contributed by atoms with van der Waals surface area (Å²) in [6.07, 6.45) is 5.14. The molecule has 4 nitrogen and oxygen atoms in total. The Morgan fingerprint density at radius 1 is 1.18 bits per heavy atom. The second kappa shape index (κ2) is 7.00. The number of benzene rings is 1. The molecule has 2 heterocycles. The van der Waals surface area contributed by atoms with Gasteiger partial charge in [-0.2, -0.15) is 0 Å². The van der Waals surface area contributed by atoms with Gasteiger partial charge in [0.25, 0.3) is 0 Å². The molecule has 28 heavy (non-hydrogen) atoms. The van der Waals surface area contributed by atoms with Crippen molar-refractivity contribution in [2.24, 2.45) is 5.92 Å². The van der Waals surface area contributed by atoms with Gasteiger partial charge in [0.2, 0.25) is 0 Å². The third-order valence-corrected chi connectivity index (χ3v) is 11.2. The number of rotatable bonds is 2. The van der Waals surface area contributed by atoms with Crippen molar-refractivity contribution in [3.05, 3.63) is 23.3 Å². The van der Waals surface area contributed by atoms with E-state index in [2.05, 4.69) is 24.1 Å². The van der Waals surface area contributed by atoms with E-state index in [1.807, 2.05) is 23.5 Å². The lowest BCUT2D eigenvalue weighted by Gasteiger charge is -2.63. The molecule has 2 saturated heterocycles. The van der Waals surface area contributed by atoms with E-state index < -0.39 is 0 Å². The van der Waals surface area contributed by atoms with Crippen LogP contribution in [0.4, 0.5) is 0 Å². The summed E-state index contributed by atoms with van der Waals surface area (Å²) >= 11 is 4.03. The minimum absolute atomic E-state index is 0.0706. The minimum Gasteiger partial charge on any atom is -0.493 e. The van der Waals surface area contributed by atoms with Crippen LogP contribution in [0.25, 0.3) is 0 Å². The van der Waals surface area contributed by atoms with Crippen LogP contribution in [0, 0.1) is 5.92 Å². The monoisotopic (exact) mass is 421 g/mol. The normalized spacial score (nSPS) is 36.5. The van der Waals surface area contributed by atoms with Gasteiger partial charge in [0.1, 0.15) is 0 Å². The Kier molecular flexibility index (Phi) is 4.85. The van der Waals surface area contributed by atoms with Crippen molar-refractivity contribution in [1.29, 1.82) is 0 Å². The van der Waals surface area contributed by atoms with E-state index in [1.54, 1.807) is 14.2 Å². The quantitative estimate of drug-likeness (QED) is 0.788. The van der Waals surface area contributed by atoms with E-state index in [4.69, 9.17) is 9.47 Å². The van der Waals surface area contributed by atoms with Gasteiger partial charge < -0.3 is 19.5 Å². The minimum atomic E-state index is -0.229. The Morgan fingerprint density at radius 2 is 1.96 bits per heavy atom. The third kappa shape index (κ3) is 2.60. The number of thioether (sulfide) groups is 2. The smallest absolute Gasteiger partial charge is 0.164 e. The van der Waals surface area contributed by atoms with E-state index in [0.717, 1.165) is 55.2 Å². The summed E-state index contributed by atoms with van der Waals surface area (Å²) in [6.45, 7) is 1.11. The lowest BCUT2D eigenvalue weighted by Crippen LogP contribution is -2.65. The zero-order valence-electron chi connectivity index (χ0n) is 17.1. The van der Waals surface area contributed by atoms with Gasteiger partial charge in [-0.15, -0.1) is 23.5 Å². The number of ether oxygens (including phenoxy) is 2. The fourth-order valence-corrected chi connectivity index (χ4v) is 10.1. The first kappa shape index (κ1) is 19.4. The van der Waals surface area contributed by atoms with E-state index in [9.17, 15) is 5.11 Å². The molecule has 0 radical (unpaired) electrons. The van der Waals surface area contributed by atoms with E-state index >= 15 is 0 Å². The Balaban J connectivity index is 1.70. The largest absolute Gasteiger partial charge is 0.493 e. The predicted octanol–water partition coefficient (Wildman–Crippen LogP) is 3.54. The lowest BCUT2D eigenvalue weighted by atomic mass is 9.51. The summed E-state index contributed by atoms with van der Waals surface area (Å²) in [5.41, 5.74) is 2.88. The number of likely N-dealkylation sites (N-methyl/N-ethyl adjacent to an activating group) is 1. The number of fused-ring (bicyclic) bond motifs is 1. The summed E-state index contributed by atoms with van der Waals surface area (Å²) in [6, 6.07) is 4.84. The van der Waals surface area contributed by atoms with Gasteiger partial charge in [0.15, 0.2) is 11.5 Å². The molecule has 2 bridgehead atoms. The number of nitrogens with zero attached hydrogens (tertiary/aromatic N) is 1.